The summed E-state index contributed by atoms with van der Waals surface area (Å²) in [5.41, 5.74) is 0.888. The highest BCUT2D eigenvalue weighted by Crippen LogP contribution is 2.34. The molecule has 0 spiro atoms. The Morgan fingerprint density at radius 1 is 1.37 bits per heavy atom. The van der Waals surface area contributed by atoms with E-state index >= 15 is 0 Å². The van der Waals surface area contributed by atoms with Gasteiger partial charge in [0.15, 0.2) is 5.01 Å². The molecule has 108 valence electrons. The molecule has 6 heteroatoms. The Morgan fingerprint density at radius 3 is 2.47 bits per heavy atom. The van der Waals surface area contributed by atoms with Gasteiger partial charge in [-0.3, -0.25) is 0 Å². The number of hydrogen-bond donors (Lipinski definition) is 1. The largest absolute Gasteiger partial charge is 0.443 e. The lowest BCUT2D eigenvalue weighted by Crippen LogP contribution is -2.36. The van der Waals surface area contributed by atoms with Crippen molar-refractivity contribution in [1.29, 1.82) is 0 Å². The van der Waals surface area contributed by atoms with E-state index in [0.717, 1.165) is 18.5 Å². The molecule has 0 aliphatic rings. The molecule has 1 aromatic rings. The third-order valence-electron chi connectivity index (χ3n) is 2.39. The maximum atomic E-state index is 12.4. The molecular formula is C13H19F3N2S. The highest BCUT2D eigenvalue weighted by Gasteiger charge is 2.34. The van der Waals surface area contributed by atoms with Crippen LogP contribution in [0.4, 0.5) is 13.2 Å². The molecule has 0 aromatic carbocycles. The van der Waals surface area contributed by atoms with Crippen LogP contribution in [0, 0.1) is 0 Å². The Bertz CT molecular complexity index is 441. The zero-order chi connectivity index (χ0) is 14.7. The fraction of sp³-hybridized carbons (Fsp3) is 0.615. The number of aromatic nitrogens is 1. The molecule has 0 bridgehead atoms. The van der Waals surface area contributed by atoms with E-state index in [1.807, 2.05) is 13.0 Å². The van der Waals surface area contributed by atoms with Crippen molar-refractivity contribution in [3.05, 3.63) is 22.2 Å². The summed E-state index contributed by atoms with van der Waals surface area (Å²) in [6.07, 6.45) is -0.345. The maximum absolute atomic E-state index is 12.4. The number of rotatable bonds is 4. The molecule has 1 N–H and O–H groups in total. The van der Waals surface area contributed by atoms with Gasteiger partial charge in [-0.15, -0.1) is 11.3 Å². The molecule has 0 aliphatic carbocycles. The fourth-order valence-corrected chi connectivity index (χ4v) is 2.20. The molecule has 0 radical (unpaired) electrons. The van der Waals surface area contributed by atoms with E-state index in [0.29, 0.717) is 16.2 Å². The van der Waals surface area contributed by atoms with Crippen molar-refractivity contribution in [3.63, 3.8) is 0 Å². The summed E-state index contributed by atoms with van der Waals surface area (Å²) in [6, 6.07) is 0. The van der Waals surface area contributed by atoms with Crippen LogP contribution in [-0.4, -0.2) is 17.1 Å². The van der Waals surface area contributed by atoms with Crippen LogP contribution in [0.3, 0.4) is 0 Å². The molecule has 19 heavy (non-hydrogen) atoms. The summed E-state index contributed by atoms with van der Waals surface area (Å²) in [4.78, 5) is 3.99. The van der Waals surface area contributed by atoms with Crippen LogP contribution >= 0.6 is 11.3 Å². The van der Waals surface area contributed by atoms with E-state index in [1.54, 1.807) is 0 Å². The topological polar surface area (TPSA) is 24.9 Å². The smallest absolute Gasteiger partial charge is 0.312 e. The van der Waals surface area contributed by atoms with Gasteiger partial charge in [0.1, 0.15) is 0 Å². The van der Waals surface area contributed by atoms with E-state index in [4.69, 9.17) is 0 Å². The summed E-state index contributed by atoms with van der Waals surface area (Å²) < 4.78 is 37.3. The van der Waals surface area contributed by atoms with Crippen molar-refractivity contribution >= 4 is 16.9 Å². The molecule has 2 nitrogen and oxygen atoms in total. The monoisotopic (exact) mass is 292 g/mol. The van der Waals surface area contributed by atoms with Gasteiger partial charge in [0.25, 0.3) is 0 Å². The Balaban J connectivity index is 2.58. The van der Waals surface area contributed by atoms with Crippen molar-refractivity contribution in [2.24, 2.45) is 0 Å². The Hall–Kier alpha value is -0.880. The van der Waals surface area contributed by atoms with E-state index in [9.17, 15) is 13.2 Å². The second-order valence-corrected chi connectivity index (χ2v) is 6.41. The minimum Gasteiger partial charge on any atom is -0.312 e. The molecule has 1 heterocycles. The summed E-state index contributed by atoms with van der Waals surface area (Å²) >= 11 is 0.687. The van der Waals surface area contributed by atoms with Gasteiger partial charge in [0, 0.05) is 11.7 Å². The number of nitrogens with zero attached hydrogens (tertiary/aromatic N) is 1. The zero-order valence-electron chi connectivity index (χ0n) is 11.6. The minimum atomic E-state index is -4.35. The Morgan fingerprint density at radius 2 is 2.00 bits per heavy atom. The van der Waals surface area contributed by atoms with E-state index < -0.39 is 11.2 Å². The standard InChI is InChI=1S/C13H19F3N2S/c1-9(6-5-7-18-12(2,3)4)10-8-17-11(19-10)13(14,15)16/h6,8,18H,5,7H2,1-4H3. The average Bonchev–Trinajstić information content (AvgIpc) is 2.71. The van der Waals surface area contributed by atoms with Gasteiger partial charge < -0.3 is 5.32 Å². The Labute approximate surface area is 115 Å². The van der Waals surface area contributed by atoms with Crippen molar-refractivity contribution in [2.75, 3.05) is 6.54 Å². The molecule has 0 amide bonds. The predicted octanol–water partition coefficient (Wildman–Crippen LogP) is 4.34. The van der Waals surface area contributed by atoms with E-state index in [-0.39, 0.29) is 5.54 Å². The number of alkyl halides is 3. The highest BCUT2D eigenvalue weighted by atomic mass is 32.1. The number of thiazole rings is 1. The first-order valence-electron chi connectivity index (χ1n) is 6.05. The molecular weight excluding hydrogens is 273 g/mol. The quantitative estimate of drug-likeness (QED) is 0.835. The van der Waals surface area contributed by atoms with Crippen LogP contribution in [0.1, 0.15) is 44.0 Å². The van der Waals surface area contributed by atoms with Crippen molar-refractivity contribution in [1.82, 2.24) is 10.3 Å². The highest BCUT2D eigenvalue weighted by molar-refractivity contribution is 7.12. The first-order valence-corrected chi connectivity index (χ1v) is 6.86. The second-order valence-electron chi connectivity index (χ2n) is 5.38. The van der Waals surface area contributed by atoms with Gasteiger partial charge in [-0.05, 0) is 46.2 Å². The van der Waals surface area contributed by atoms with Crippen LogP contribution in [0.15, 0.2) is 12.3 Å². The van der Waals surface area contributed by atoms with Crippen LogP contribution in [0.25, 0.3) is 5.57 Å². The number of hydrogen-bond acceptors (Lipinski definition) is 3. The number of halogens is 3. The molecule has 0 saturated heterocycles. The van der Waals surface area contributed by atoms with Gasteiger partial charge in [0.2, 0.25) is 0 Å². The van der Waals surface area contributed by atoms with Gasteiger partial charge >= 0.3 is 6.18 Å². The average molecular weight is 292 g/mol. The summed E-state index contributed by atoms with van der Waals surface area (Å²) in [5, 5.41) is 2.53. The summed E-state index contributed by atoms with van der Waals surface area (Å²) in [5.74, 6) is 0. The summed E-state index contributed by atoms with van der Waals surface area (Å²) in [6.45, 7) is 8.82. The molecule has 0 fully saturated rings. The lowest BCUT2D eigenvalue weighted by atomic mass is 10.1. The Kier molecular flexibility index (Phi) is 5.15. The van der Waals surface area contributed by atoms with Crippen LogP contribution < -0.4 is 5.32 Å². The molecule has 0 unspecified atom stereocenters. The SMILES string of the molecule is CC(=CCCNC(C)(C)C)c1cnc(C(F)(F)F)s1. The van der Waals surface area contributed by atoms with E-state index in [1.165, 1.54) is 6.20 Å². The molecule has 1 rings (SSSR count). The van der Waals surface area contributed by atoms with E-state index in [2.05, 4.69) is 31.1 Å². The van der Waals surface area contributed by atoms with Crippen molar-refractivity contribution < 1.29 is 13.2 Å². The fourth-order valence-electron chi connectivity index (χ4n) is 1.42. The second kappa shape index (κ2) is 6.05. The molecule has 0 saturated carbocycles. The van der Waals surface area contributed by atoms with Gasteiger partial charge in [0.05, 0.1) is 4.88 Å². The van der Waals surface area contributed by atoms with Crippen LogP contribution in [0.2, 0.25) is 0 Å². The van der Waals surface area contributed by atoms with Crippen molar-refractivity contribution in [2.45, 2.75) is 45.8 Å². The first kappa shape index (κ1) is 16.2. The summed E-state index contributed by atoms with van der Waals surface area (Å²) in [7, 11) is 0. The third kappa shape index (κ3) is 5.74. The molecule has 0 atom stereocenters. The van der Waals surface area contributed by atoms with Crippen LogP contribution in [-0.2, 0) is 6.18 Å². The van der Waals surface area contributed by atoms with Crippen molar-refractivity contribution in [3.8, 4) is 0 Å². The maximum Gasteiger partial charge on any atom is 0.443 e. The van der Waals surface area contributed by atoms with Gasteiger partial charge in [-0.25, -0.2) is 4.98 Å². The van der Waals surface area contributed by atoms with Crippen LogP contribution in [0.5, 0.6) is 0 Å². The number of nitrogens with one attached hydrogen (secondary N) is 1. The first-order chi connectivity index (χ1) is 8.59. The predicted molar refractivity (Wildman–Crippen MR) is 73.1 cm³/mol. The van der Waals surface area contributed by atoms with Gasteiger partial charge in [-0.1, -0.05) is 6.08 Å². The minimum absolute atomic E-state index is 0.0513. The zero-order valence-corrected chi connectivity index (χ0v) is 12.4. The third-order valence-corrected chi connectivity index (χ3v) is 3.56. The van der Waals surface area contributed by atoms with Gasteiger partial charge in [-0.2, -0.15) is 13.2 Å². The lowest BCUT2D eigenvalue weighted by Gasteiger charge is -2.19. The molecule has 1 aromatic heterocycles. The number of allylic oxidation sites excluding steroid dienone is 1. The molecule has 0 aliphatic heterocycles. The lowest BCUT2D eigenvalue weighted by molar-refractivity contribution is -0.137. The normalized spacial score (nSPS) is 13.9.